The predicted molar refractivity (Wildman–Crippen MR) is 90.3 cm³/mol. The Balaban J connectivity index is 1.62. The van der Waals surface area contributed by atoms with Crippen LogP contribution in [0.4, 0.5) is 5.82 Å². The monoisotopic (exact) mass is 327 g/mol. The zero-order chi connectivity index (χ0) is 15.6. The number of nitrogens with zero attached hydrogens (tertiary/aromatic N) is 2. The lowest BCUT2D eigenvalue weighted by Crippen LogP contribution is -2.24. The highest BCUT2D eigenvalue weighted by atomic mass is 32.1. The molecule has 0 saturated heterocycles. The van der Waals surface area contributed by atoms with Crippen molar-refractivity contribution in [2.45, 2.75) is 32.1 Å². The number of carbonyl (C=O) groups excluding carboxylic acids is 1. The van der Waals surface area contributed by atoms with Gasteiger partial charge in [0, 0.05) is 23.2 Å². The molecule has 0 atom stereocenters. The van der Waals surface area contributed by atoms with E-state index in [1.165, 1.54) is 18.0 Å². The maximum atomic E-state index is 12.4. The zero-order valence-corrected chi connectivity index (χ0v) is 13.4. The highest BCUT2D eigenvalue weighted by Gasteiger charge is 2.22. The number of hydrogen-bond donors (Lipinski definition) is 1. The van der Waals surface area contributed by atoms with Gasteiger partial charge in [0.25, 0.3) is 0 Å². The molecule has 1 fully saturated rings. The Morgan fingerprint density at radius 3 is 2.91 bits per heavy atom. The van der Waals surface area contributed by atoms with E-state index in [-0.39, 0.29) is 11.8 Å². The van der Waals surface area contributed by atoms with Crippen molar-refractivity contribution < 1.29 is 9.21 Å². The molecule has 1 N–H and O–H groups in total. The molecule has 1 aliphatic rings. The van der Waals surface area contributed by atoms with Crippen molar-refractivity contribution in [2.75, 3.05) is 5.32 Å². The van der Waals surface area contributed by atoms with Crippen LogP contribution in [0.2, 0.25) is 0 Å². The lowest BCUT2D eigenvalue weighted by Gasteiger charge is -2.20. The molecule has 3 heterocycles. The molecule has 0 unspecified atom stereocenters. The number of rotatable bonds is 3. The summed E-state index contributed by atoms with van der Waals surface area (Å²) in [6, 6.07) is 3.90. The van der Waals surface area contributed by atoms with Crippen molar-refractivity contribution in [3.8, 4) is 11.1 Å². The van der Waals surface area contributed by atoms with E-state index in [0.29, 0.717) is 5.82 Å². The molecule has 1 saturated carbocycles. The van der Waals surface area contributed by atoms with Crippen LogP contribution in [0.5, 0.6) is 0 Å². The first-order valence-corrected chi connectivity index (χ1v) is 8.67. The van der Waals surface area contributed by atoms with Crippen LogP contribution in [-0.4, -0.2) is 15.3 Å². The minimum atomic E-state index is 0.0885. The first-order valence-electron chi connectivity index (χ1n) is 7.90. The topological polar surface area (TPSA) is 68.0 Å². The van der Waals surface area contributed by atoms with Gasteiger partial charge in [0.1, 0.15) is 4.83 Å². The summed E-state index contributed by atoms with van der Waals surface area (Å²) in [6.07, 6.45) is 10.6. The molecule has 0 aliphatic heterocycles. The predicted octanol–water partition coefficient (Wildman–Crippen LogP) is 4.47. The molecule has 3 aromatic heterocycles. The van der Waals surface area contributed by atoms with Crippen molar-refractivity contribution >= 4 is 33.5 Å². The molecule has 4 rings (SSSR count). The summed E-state index contributed by atoms with van der Waals surface area (Å²) in [4.78, 5) is 17.7. The average molecular weight is 327 g/mol. The Morgan fingerprint density at radius 2 is 2.13 bits per heavy atom. The first-order chi connectivity index (χ1) is 11.3. The van der Waals surface area contributed by atoms with Crippen LogP contribution in [0.15, 0.2) is 35.3 Å². The molecule has 5 nitrogen and oxygen atoms in total. The van der Waals surface area contributed by atoms with Gasteiger partial charge in [0.05, 0.1) is 17.9 Å². The summed E-state index contributed by atoms with van der Waals surface area (Å²) in [6.45, 7) is 0. The van der Waals surface area contributed by atoms with Gasteiger partial charge in [0.2, 0.25) is 5.91 Å². The number of fused-ring (bicyclic) bond motifs is 1. The standard InChI is InChI=1S/C17H17N3O2S/c21-16(11-4-2-1-3-5-11)19-15-14-8-13(12-6-7-22-10-12)9-18-17(14)23-20-15/h6-11H,1-5H2,(H,19,20,21). The van der Waals surface area contributed by atoms with E-state index < -0.39 is 0 Å². The average Bonchev–Trinajstić information content (AvgIpc) is 3.25. The Kier molecular flexibility index (Phi) is 3.83. The van der Waals surface area contributed by atoms with Gasteiger partial charge in [-0.1, -0.05) is 19.3 Å². The van der Waals surface area contributed by atoms with Crippen molar-refractivity contribution in [3.63, 3.8) is 0 Å². The van der Waals surface area contributed by atoms with Crippen molar-refractivity contribution in [3.05, 3.63) is 30.9 Å². The molecular formula is C17H17N3O2S. The summed E-state index contributed by atoms with van der Waals surface area (Å²) in [5.41, 5.74) is 1.93. The molecule has 3 aromatic rings. The number of pyridine rings is 1. The normalized spacial score (nSPS) is 15.8. The highest BCUT2D eigenvalue weighted by molar-refractivity contribution is 7.13. The van der Waals surface area contributed by atoms with E-state index in [1.807, 2.05) is 12.1 Å². The number of aromatic nitrogens is 2. The van der Waals surface area contributed by atoms with Crippen LogP contribution < -0.4 is 5.32 Å². The van der Waals surface area contributed by atoms with Gasteiger partial charge in [-0.15, -0.1) is 0 Å². The summed E-state index contributed by atoms with van der Waals surface area (Å²) < 4.78 is 9.50. The molecule has 0 bridgehead atoms. The fourth-order valence-corrected chi connectivity index (χ4v) is 3.77. The van der Waals surface area contributed by atoms with Gasteiger partial charge in [-0.25, -0.2) is 4.98 Å². The van der Waals surface area contributed by atoms with Crippen LogP contribution in [0.1, 0.15) is 32.1 Å². The molecule has 6 heteroatoms. The fraction of sp³-hybridized carbons (Fsp3) is 0.353. The molecule has 0 spiro atoms. The number of hydrogen-bond acceptors (Lipinski definition) is 5. The van der Waals surface area contributed by atoms with E-state index >= 15 is 0 Å². The van der Waals surface area contributed by atoms with E-state index in [2.05, 4.69) is 14.7 Å². The second-order valence-corrected chi connectivity index (χ2v) is 6.70. The summed E-state index contributed by atoms with van der Waals surface area (Å²) in [7, 11) is 0. The third-order valence-corrected chi connectivity index (χ3v) is 5.17. The largest absolute Gasteiger partial charge is 0.472 e. The number of amides is 1. The smallest absolute Gasteiger partial charge is 0.228 e. The number of nitrogens with one attached hydrogen (secondary N) is 1. The van der Waals surface area contributed by atoms with E-state index in [0.717, 1.165) is 47.0 Å². The van der Waals surface area contributed by atoms with Gasteiger partial charge >= 0.3 is 0 Å². The van der Waals surface area contributed by atoms with Crippen LogP contribution in [0.3, 0.4) is 0 Å². The maximum Gasteiger partial charge on any atom is 0.228 e. The van der Waals surface area contributed by atoms with Gasteiger partial charge in [-0.05, 0) is 36.5 Å². The molecule has 23 heavy (non-hydrogen) atoms. The van der Waals surface area contributed by atoms with Gasteiger partial charge in [0.15, 0.2) is 5.82 Å². The third-order valence-electron chi connectivity index (χ3n) is 4.40. The Hall–Kier alpha value is -2.21. The minimum Gasteiger partial charge on any atom is -0.472 e. The Morgan fingerprint density at radius 1 is 1.26 bits per heavy atom. The highest BCUT2D eigenvalue weighted by Crippen LogP contribution is 2.31. The van der Waals surface area contributed by atoms with Crippen LogP contribution >= 0.6 is 11.5 Å². The van der Waals surface area contributed by atoms with Crippen molar-refractivity contribution in [1.82, 2.24) is 9.36 Å². The number of anilines is 1. The third kappa shape index (κ3) is 2.86. The van der Waals surface area contributed by atoms with E-state index in [9.17, 15) is 4.79 Å². The number of carbonyl (C=O) groups is 1. The molecular weight excluding hydrogens is 310 g/mol. The minimum absolute atomic E-state index is 0.0885. The zero-order valence-electron chi connectivity index (χ0n) is 12.6. The van der Waals surface area contributed by atoms with Gasteiger partial charge in [-0.3, -0.25) is 4.79 Å². The molecule has 0 radical (unpaired) electrons. The van der Waals surface area contributed by atoms with Gasteiger partial charge < -0.3 is 9.73 Å². The maximum absolute atomic E-state index is 12.4. The lowest BCUT2D eigenvalue weighted by atomic mass is 9.89. The molecule has 1 amide bonds. The van der Waals surface area contributed by atoms with Crippen molar-refractivity contribution in [2.24, 2.45) is 5.92 Å². The summed E-state index contributed by atoms with van der Waals surface area (Å²) >= 11 is 1.31. The summed E-state index contributed by atoms with van der Waals surface area (Å²) in [5.74, 6) is 0.828. The molecule has 0 aromatic carbocycles. The SMILES string of the molecule is O=C(Nc1nsc2ncc(-c3ccoc3)cc12)C1CCCCC1. The van der Waals surface area contributed by atoms with Gasteiger partial charge in [-0.2, -0.15) is 4.37 Å². The van der Waals surface area contributed by atoms with Crippen molar-refractivity contribution in [1.29, 1.82) is 0 Å². The Bertz CT molecular complexity index is 820. The fourth-order valence-electron chi connectivity index (χ4n) is 3.09. The van der Waals surface area contributed by atoms with Crippen LogP contribution in [0, 0.1) is 5.92 Å². The second-order valence-electron chi connectivity index (χ2n) is 5.94. The number of furan rings is 1. The molecule has 118 valence electrons. The molecule has 1 aliphatic carbocycles. The van der Waals surface area contributed by atoms with E-state index in [1.54, 1.807) is 18.7 Å². The quantitative estimate of drug-likeness (QED) is 0.770. The first kappa shape index (κ1) is 14.4. The second kappa shape index (κ2) is 6.12. The van der Waals surface area contributed by atoms with Crippen LogP contribution in [0.25, 0.3) is 21.3 Å². The summed E-state index contributed by atoms with van der Waals surface area (Å²) in [5, 5.41) is 3.89. The lowest BCUT2D eigenvalue weighted by molar-refractivity contribution is -0.120. The Labute approximate surface area is 137 Å². The van der Waals surface area contributed by atoms with E-state index in [4.69, 9.17) is 4.42 Å². The van der Waals surface area contributed by atoms with Crippen LogP contribution in [-0.2, 0) is 4.79 Å².